The van der Waals surface area contributed by atoms with E-state index >= 15 is 0 Å². The van der Waals surface area contributed by atoms with Gasteiger partial charge in [0.05, 0.1) is 13.2 Å². The molecule has 0 radical (unpaired) electrons. The highest BCUT2D eigenvalue weighted by molar-refractivity contribution is 5.28. The summed E-state index contributed by atoms with van der Waals surface area (Å²) in [6.45, 7) is 4.63. The van der Waals surface area contributed by atoms with Crippen LogP contribution >= 0.6 is 0 Å². The predicted octanol–water partition coefficient (Wildman–Crippen LogP) is 2.12. The lowest BCUT2D eigenvalue weighted by Gasteiger charge is -2.21. The van der Waals surface area contributed by atoms with Crippen LogP contribution in [0.2, 0.25) is 0 Å². The van der Waals surface area contributed by atoms with Gasteiger partial charge in [0, 0.05) is 5.54 Å². The van der Waals surface area contributed by atoms with E-state index in [9.17, 15) is 0 Å². The molecule has 0 amide bonds. The molecule has 17 heavy (non-hydrogen) atoms. The first-order valence-electron chi connectivity index (χ1n) is 6.19. The van der Waals surface area contributed by atoms with Crippen LogP contribution in [0.3, 0.4) is 0 Å². The number of aliphatic hydroxyl groups excluding tert-OH is 1. The summed E-state index contributed by atoms with van der Waals surface area (Å²) in [5.41, 5.74) is 6.62. The average molecular weight is 237 g/mol. The van der Waals surface area contributed by atoms with Crippen molar-refractivity contribution >= 4 is 0 Å². The second kappa shape index (κ2) is 6.62. The van der Waals surface area contributed by atoms with Crippen LogP contribution in [0.5, 0.6) is 5.75 Å². The summed E-state index contributed by atoms with van der Waals surface area (Å²) < 4.78 is 5.65. The lowest BCUT2D eigenvalue weighted by molar-refractivity contribution is 0.188. The molecular weight excluding hydrogens is 214 g/mol. The lowest BCUT2D eigenvalue weighted by Crippen LogP contribution is -2.40. The molecule has 3 N–H and O–H groups in total. The molecule has 0 spiro atoms. The van der Waals surface area contributed by atoms with Gasteiger partial charge in [-0.3, -0.25) is 0 Å². The molecule has 0 aliphatic rings. The van der Waals surface area contributed by atoms with Crippen LogP contribution in [0, 0.1) is 0 Å². The van der Waals surface area contributed by atoms with Crippen LogP contribution in [0.25, 0.3) is 0 Å². The fourth-order valence-corrected chi connectivity index (χ4v) is 1.60. The minimum atomic E-state index is -0.491. The minimum absolute atomic E-state index is 0.0122. The number of aryl methyl sites for hydroxylation is 1. The van der Waals surface area contributed by atoms with E-state index in [-0.39, 0.29) is 6.61 Å². The van der Waals surface area contributed by atoms with Gasteiger partial charge in [0.2, 0.25) is 0 Å². The highest BCUT2D eigenvalue weighted by Crippen LogP contribution is 2.15. The summed E-state index contributed by atoms with van der Waals surface area (Å²) in [5, 5.41) is 9.01. The van der Waals surface area contributed by atoms with E-state index in [4.69, 9.17) is 15.6 Å². The number of ether oxygens (including phenoxy) is 1. The molecule has 0 fully saturated rings. The summed E-state index contributed by atoms with van der Waals surface area (Å²) in [4.78, 5) is 0. The Balaban J connectivity index is 2.31. The summed E-state index contributed by atoms with van der Waals surface area (Å²) in [6.07, 6.45) is 2.63. The van der Waals surface area contributed by atoms with Crippen LogP contribution in [-0.4, -0.2) is 23.9 Å². The molecule has 0 heterocycles. The highest BCUT2D eigenvalue weighted by Gasteiger charge is 2.15. The number of benzene rings is 1. The Bertz CT molecular complexity index is 337. The summed E-state index contributed by atoms with van der Waals surface area (Å²) >= 11 is 0. The van der Waals surface area contributed by atoms with Crippen LogP contribution in [0.15, 0.2) is 24.3 Å². The molecule has 1 rings (SSSR count). The molecule has 0 bridgehead atoms. The Morgan fingerprint density at radius 2 is 2.18 bits per heavy atom. The molecule has 0 aliphatic carbocycles. The monoisotopic (exact) mass is 237 g/mol. The topological polar surface area (TPSA) is 55.5 Å². The third-order valence-corrected chi connectivity index (χ3v) is 2.83. The number of hydrogen-bond donors (Lipinski definition) is 2. The number of hydrogen-bond acceptors (Lipinski definition) is 3. The molecule has 0 saturated carbocycles. The zero-order valence-electron chi connectivity index (χ0n) is 10.8. The van der Waals surface area contributed by atoms with Crippen molar-refractivity contribution in [2.75, 3.05) is 13.2 Å². The van der Waals surface area contributed by atoms with Gasteiger partial charge in [-0.05, 0) is 43.9 Å². The Hall–Kier alpha value is -1.06. The van der Waals surface area contributed by atoms with Gasteiger partial charge in [-0.15, -0.1) is 0 Å². The van der Waals surface area contributed by atoms with E-state index in [1.165, 1.54) is 5.56 Å². The minimum Gasteiger partial charge on any atom is -0.494 e. The Morgan fingerprint density at radius 1 is 1.41 bits per heavy atom. The van der Waals surface area contributed by atoms with Gasteiger partial charge in [-0.1, -0.05) is 19.1 Å². The first-order chi connectivity index (χ1) is 8.07. The first-order valence-corrected chi connectivity index (χ1v) is 6.19. The third kappa shape index (κ3) is 5.20. The Morgan fingerprint density at radius 3 is 2.82 bits per heavy atom. The van der Waals surface area contributed by atoms with E-state index in [2.05, 4.69) is 19.1 Å². The molecular formula is C14H23NO2. The van der Waals surface area contributed by atoms with Crippen molar-refractivity contribution in [3.8, 4) is 5.75 Å². The molecule has 3 heteroatoms. The van der Waals surface area contributed by atoms with E-state index in [0.717, 1.165) is 25.0 Å². The number of rotatable bonds is 7. The zero-order valence-corrected chi connectivity index (χ0v) is 10.8. The lowest BCUT2D eigenvalue weighted by atomic mass is 9.99. The maximum Gasteiger partial charge on any atom is 0.119 e. The molecule has 0 aliphatic heterocycles. The highest BCUT2D eigenvalue weighted by atomic mass is 16.5. The van der Waals surface area contributed by atoms with Gasteiger partial charge < -0.3 is 15.6 Å². The molecule has 1 aromatic carbocycles. The SMILES string of the molecule is CCc1cccc(OCCCC(C)(N)CO)c1. The van der Waals surface area contributed by atoms with Crippen LogP contribution in [-0.2, 0) is 6.42 Å². The van der Waals surface area contributed by atoms with Crippen molar-refractivity contribution in [1.29, 1.82) is 0 Å². The van der Waals surface area contributed by atoms with Gasteiger partial charge in [0.25, 0.3) is 0 Å². The molecule has 3 nitrogen and oxygen atoms in total. The average Bonchev–Trinajstić information content (AvgIpc) is 2.35. The van der Waals surface area contributed by atoms with E-state index < -0.39 is 5.54 Å². The van der Waals surface area contributed by atoms with E-state index in [1.807, 2.05) is 19.1 Å². The van der Waals surface area contributed by atoms with Gasteiger partial charge >= 0.3 is 0 Å². The zero-order chi connectivity index (χ0) is 12.7. The fourth-order valence-electron chi connectivity index (χ4n) is 1.60. The van der Waals surface area contributed by atoms with Crippen molar-refractivity contribution in [2.24, 2.45) is 5.73 Å². The maximum atomic E-state index is 9.01. The standard InChI is InChI=1S/C14H23NO2/c1-3-12-6-4-7-13(10-12)17-9-5-8-14(2,15)11-16/h4,6-7,10,16H,3,5,8-9,11,15H2,1-2H3. The summed E-state index contributed by atoms with van der Waals surface area (Å²) in [5.74, 6) is 0.909. The second-order valence-corrected chi connectivity index (χ2v) is 4.77. The largest absolute Gasteiger partial charge is 0.494 e. The molecule has 1 aromatic rings. The van der Waals surface area contributed by atoms with Crippen molar-refractivity contribution in [3.05, 3.63) is 29.8 Å². The van der Waals surface area contributed by atoms with Crippen LogP contribution in [0.4, 0.5) is 0 Å². The molecule has 0 saturated heterocycles. The number of nitrogens with two attached hydrogens (primary N) is 1. The Labute approximate surface area is 104 Å². The predicted molar refractivity (Wildman–Crippen MR) is 70.2 cm³/mol. The molecule has 96 valence electrons. The summed E-state index contributed by atoms with van der Waals surface area (Å²) in [6, 6.07) is 8.13. The van der Waals surface area contributed by atoms with E-state index in [0.29, 0.717) is 6.61 Å². The molecule has 1 atom stereocenters. The quantitative estimate of drug-likeness (QED) is 0.714. The Kier molecular flexibility index (Phi) is 5.45. The second-order valence-electron chi connectivity index (χ2n) is 4.77. The van der Waals surface area contributed by atoms with Crippen molar-refractivity contribution in [1.82, 2.24) is 0 Å². The normalized spacial score (nSPS) is 14.4. The summed E-state index contributed by atoms with van der Waals surface area (Å²) in [7, 11) is 0. The third-order valence-electron chi connectivity index (χ3n) is 2.83. The fraction of sp³-hybridized carbons (Fsp3) is 0.571. The first kappa shape index (κ1) is 14.0. The maximum absolute atomic E-state index is 9.01. The van der Waals surface area contributed by atoms with Crippen molar-refractivity contribution in [2.45, 2.75) is 38.6 Å². The molecule has 0 aromatic heterocycles. The number of aliphatic hydroxyl groups is 1. The van der Waals surface area contributed by atoms with Crippen LogP contribution < -0.4 is 10.5 Å². The van der Waals surface area contributed by atoms with Gasteiger partial charge in [-0.2, -0.15) is 0 Å². The van der Waals surface area contributed by atoms with Gasteiger partial charge in [-0.25, -0.2) is 0 Å². The van der Waals surface area contributed by atoms with Gasteiger partial charge in [0.1, 0.15) is 5.75 Å². The van der Waals surface area contributed by atoms with Crippen LogP contribution in [0.1, 0.15) is 32.3 Å². The van der Waals surface area contributed by atoms with Crippen molar-refractivity contribution in [3.63, 3.8) is 0 Å². The van der Waals surface area contributed by atoms with E-state index in [1.54, 1.807) is 0 Å². The smallest absolute Gasteiger partial charge is 0.119 e. The van der Waals surface area contributed by atoms with Gasteiger partial charge in [0.15, 0.2) is 0 Å². The van der Waals surface area contributed by atoms with Crippen molar-refractivity contribution < 1.29 is 9.84 Å². The molecule has 1 unspecified atom stereocenters.